The molecule has 0 amide bonds. The van der Waals surface area contributed by atoms with Gasteiger partial charge in [0.15, 0.2) is 0 Å². The van der Waals surface area contributed by atoms with Gasteiger partial charge >= 0.3 is 5.97 Å². The lowest BCUT2D eigenvalue weighted by Crippen LogP contribution is -2.19. The Hall–Kier alpha value is -3.18. The normalized spacial score (nSPS) is 19.0. The number of rotatable bonds is 6. The smallest absolute Gasteiger partial charge is 0.307 e. The number of carboxylic acid groups (broad SMARTS) is 1. The first-order chi connectivity index (χ1) is 13.2. The minimum absolute atomic E-state index is 0.0133. The fraction of sp³-hybridized carbons (Fsp3) is 0.200. The lowest BCUT2D eigenvalue weighted by molar-refractivity contribution is -0.138. The average molecular weight is 400 g/mol. The largest absolute Gasteiger partial charge is 0.481 e. The van der Waals surface area contributed by atoms with Crippen LogP contribution < -0.4 is 4.72 Å². The molecule has 6 nitrogen and oxygen atoms in total. The molecule has 0 aliphatic heterocycles. The summed E-state index contributed by atoms with van der Waals surface area (Å²) >= 11 is 0. The molecular formula is C20H17FN2O4S. The first kappa shape index (κ1) is 19.6. The number of sulfonamides is 1. The summed E-state index contributed by atoms with van der Waals surface area (Å²) in [5, 5.41) is 18.3. The number of nitrogens with zero attached hydrogens (tertiary/aromatic N) is 1. The van der Waals surface area contributed by atoms with Crippen molar-refractivity contribution < 1.29 is 22.7 Å². The molecule has 0 heterocycles. The Labute approximate surface area is 162 Å². The van der Waals surface area contributed by atoms with Gasteiger partial charge in [-0.05, 0) is 49.2 Å². The second kappa shape index (κ2) is 7.44. The minimum Gasteiger partial charge on any atom is -0.481 e. The zero-order valence-corrected chi connectivity index (χ0v) is 15.7. The van der Waals surface area contributed by atoms with E-state index in [1.807, 2.05) is 13.0 Å². The van der Waals surface area contributed by atoms with E-state index in [1.165, 1.54) is 24.3 Å². The van der Waals surface area contributed by atoms with Crippen molar-refractivity contribution in [2.75, 3.05) is 0 Å². The Kier molecular flexibility index (Phi) is 5.21. The summed E-state index contributed by atoms with van der Waals surface area (Å²) < 4.78 is 41.7. The van der Waals surface area contributed by atoms with E-state index in [2.05, 4.69) is 4.72 Å². The molecule has 8 heteroatoms. The molecule has 2 atom stereocenters. The van der Waals surface area contributed by atoms with Crippen molar-refractivity contribution in [1.82, 2.24) is 4.72 Å². The van der Waals surface area contributed by atoms with Crippen LogP contribution in [0.15, 0.2) is 53.6 Å². The number of benzene rings is 2. The fourth-order valence-electron chi connectivity index (χ4n) is 2.94. The predicted octanol–water partition coefficient (Wildman–Crippen LogP) is 3.05. The van der Waals surface area contributed by atoms with Gasteiger partial charge in [-0.2, -0.15) is 5.26 Å². The van der Waals surface area contributed by atoms with E-state index in [9.17, 15) is 22.7 Å². The third-order valence-corrected chi connectivity index (χ3v) is 5.94. The summed E-state index contributed by atoms with van der Waals surface area (Å²) in [5.41, 5.74) is 1.31. The van der Waals surface area contributed by atoms with Crippen LogP contribution in [0.1, 0.15) is 23.1 Å². The van der Waals surface area contributed by atoms with Gasteiger partial charge in [0, 0.05) is 17.7 Å². The van der Waals surface area contributed by atoms with Crippen LogP contribution in [-0.4, -0.2) is 19.5 Å². The number of hydrogen-bond donors (Lipinski definition) is 2. The number of aliphatic carboxylic acids is 1. The van der Waals surface area contributed by atoms with E-state index in [0.717, 1.165) is 17.8 Å². The molecule has 2 unspecified atom stereocenters. The van der Waals surface area contributed by atoms with Gasteiger partial charge in [0.2, 0.25) is 0 Å². The van der Waals surface area contributed by atoms with Gasteiger partial charge in [-0.15, -0.1) is 0 Å². The van der Waals surface area contributed by atoms with E-state index in [0.29, 0.717) is 0 Å². The molecule has 1 aliphatic rings. The zero-order chi connectivity index (χ0) is 20.5. The van der Waals surface area contributed by atoms with Crippen LogP contribution in [-0.2, 0) is 14.8 Å². The highest BCUT2D eigenvalue weighted by atomic mass is 32.2. The number of nitrogens with one attached hydrogen (secondary N) is 1. The van der Waals surface area contributed by atoms with Crippen molar-refractivity contribution in [2.24, 2.45) is 11.8 Å². The highest BCUT2D eigenvalue weighted by Gasteiger charge is 2.46. The molecular weight excluding hydrogens is 383 g/mol. The molecule has 2 aromatic rings. The molecule has 0 spiro atoms. The number of nitriles is 1. The van der Waals surface area contributed by atoms with E-state index in [1.54, 1.807) is 12.1 Å². The van der Waals surface area contributed by atoms with Crippen LogP contribution in [0.4, 0.5) is 4.39 Å². The standard InChI is InChI=1S/C20H17FN2O4S/c1-12-2-5-14(6-3-12)28(26,27)23-11-18(15-9-17(15)20(24)25)16-8-13(10-22)4-7-19(16)21/h2-8,11,15,17,23H,9H2,1H3,(H,24,25)/b18-11+. The molecule has 3 rings (SSSR count). The minimum atomic E-state index is -3.91. The third kappa shape index (κ3) is 4.05. The molecule has 0 saturated heterocycles. The molecule has 2 aromatic carbocycles. The number of halogens is 1. The predicted molar refractivity (Wildman–Crippen MR) is 99.8 cm³/mol. The summed E-state index contributed by atoms with van der Waals surface area (Å²) in [4.78, 5) is 11.3. The molecule has 0 radical (unpaired) electrons. The molecule has 1 saturated carbocycles. The number of allylic oxidation sites excluding steroid dienone is 1. The number of carbonyl (C=O) groups is 1. The van der Waals surface area contributed by atoms with Crippen molar-refractivity contribution >= 4 is 21.6 Å². The summed E-state index contributed by atoms with van der Waals surface area (Å²) in [6.07, 6.45) is 1.39. The van der Waals surface area contributed by atoms with Crippen LogP contribution >= 0.6 is 0 Å². The van der Waals surface area contributed by atoms with Gasteiger partial charge in [0.05, 0.1) is 22.4 Å². The Morgan fingerprint density at radius 1 is 1.25 bits per heavy atom. The SMILES string of the molecule is Cc1ccc(S(=O)(=O)N/C=C(/c2cc(C#N)ccc2F)C2CC2C(=O)O)cc1. The Bertz CT molecular complexity index is 1100. The van der Waals surface area contributed by atoms with Crippen LogP contribution in [0, 0.1) is 35.9 Å². The van der Waals surface area contributed by atoms with Gasteiger partial charge < -0.3 is 5.11 Å². The van der Waals surface area contributed by atoms with Crippen LogP contribution in [0.5, 0.6) is 0 Å². The first-order valence-corrected chi connectivity index (χ1v) is 9.93. The average Bonchev–Trinajstić information content (AvgIpc) is 3.44. The number of carboxylic acids is 1. The van der Waals surface area contributed by atoms with Crippen molar-refractivity contribution in [3.8, 4) is 6.07 Å². The highest BCUT2D eigenvalue weighted by molar-refractivity contribution is 7.89. The second-order valence-electron chi connectivity index (χ2n) is 6.63. The van der Waals surface area contributed by atoms with E-state index < -0.39 is 33.6 Å². The van der Waals surface area contributed by atoms with Crippen molar-refractivity contribution in [3.63, 3.8) is 0 Å². The van der Waals surface area contributed by atoms with Gasteiger partial charge in [0.25, 0.3) is 10.0 Å². The van der Waals surface area contributed by atoms with Gasteiger partial charge in [-0.25, -0.2) is 12.8 Å². The van der Waals surface area contributed by atoms with Crippen LogP contribution in [0.2, 0.25) is 0 Å². The van der Waals surface area contributed by atoms with Gasteiger partial charge in [-0.3, -0.25) is 9.52 Å². The molecule has 28 heavy (non-hydrogen) atoms. The summed E-state index contributed by atoms with van der Waals surface area (Å²) in [7, 11) is -3.91. The van der Waals surface area contributed by atoms with E-state index in [-0.39, 0.29) is 28.0 Å². The second-order valence-corrected chi connectivity index (χ2v) is 8.34. The van der Waals surface area contributed by atoms with Gasteiger partial charge in [-0.1, -0.05) is 17.7 Å². The molecule has 2 N–H and O–H groups in total. The summed E-state index contributed by atoms with van der Waals surface area (Å²) in [6, 6.07) is 11.8. The first-order valence-electron chi connectivity index (χ1n) is 8.45. The van der Waals surface area contributed by atoms with Crippen LogP contribution in [0.3, 0.4) is 0 Å². The quantitative estimate of drug-likeness (QED) is 0.775. The fourth-order valence-corrected chi connectivity index (χ4v) is 3.85. The number of hydrogen-bond acceptors (Lipinski definition) is 4. The number of aryl methyl sites for hydroxylation is 1. The Morgan fingerprint density at radius 3 is 2.50 bits per heavy atom. The topological polar surface area (TPSA) is 107 Å². The lowest BCUT2D eigenvalue weighted by atomic mass is 9.98. The van der Waals surface area contributed by atoms with E-state index in [4.69, 9.17) is 5.26 Å². The summed E-state index contributed by atoms with van der Waals surface area (Å²) in [6.45, 7) is 1.83. The maximum absolute atomic E-state index is 14.4. The molecule has 1 fully saturated rings. The van der Waals surface area contributed by atoms with Crippen molar-refractivity contribution in [3.05, 3.63) is 71.2 Å². The molecule has 144 valence electrons. The summed E-state index contributed by atoms with van der Waals surface area (Å²) in [5.74, 6) is -2.95. The highest BCUT2D eigenvalue weighted by Crippen LogP contribution is 2.48. The zero-order valence-electron chi connectivity index (χ0n) is 14.9. The van der Waals surface area contributed by atoms with Crippen molar-refractivity contribution in [2.45, 2.75) is 18.2 Å². The third-order valence-electron chi connectivity index (χ3n) is 4.61. The van der Waals surface area contributed by atoms with E-state index >= 15 is 0 Å². The van der Waals surface area contributed by atoms with Crippen LogP contribution in [0.25, 0.3) is 5.57 Å². The lowest BCUT2D eigenvalue weighted by Gasteiger charge is -2.11. The molecule has 1 aliphatic carbocycles. The molecule has 0 bridgehead atoms. The van der Waals surface area contributed by atoms with Crippen molar-refractivity contribution in [1.29, 1.82) is 5.26 Å². The Balaban J connectivity index is 1.99. The Morgan fingerprint density at radius 2 is 1.93 bits per heavy atom. The monoisotopic (exact) mass is 400 g/mol. The maximum Gasteiger partial charge on any atom is 0.307 e. The van der Waals surface area contributed by atoms with Gasteiger partial charge in [0.1, 0.15) is 5.82 Å². The maximum atomic E-state index is 14.4. The molecule has 0 aromatic heterocycles.